The molecule has 5 rings (SSSR count). The van der Waals surface area contributed by atoms with Gasteiger partial charge in [0.05, 0.1) is 5.60 Å². The molecule has 0 bridgehead atoms. The summed E-state index contributed by atoms with van der Waals surface area (Å²) in [5, 5.41) is 11.5. The third kappa shape index (κ3) is 3.03. The van der Waals surface area contributed by atoms with Gasteiger partial charge in [-0.1, -0.05) is 52.3 Å². The van der Waals surface area contributed by atoms with Crippen LogP contribution in [0.4, 0.5) is 0 Å². The maximum absolute atomic E-state index is 14.2. The predicted molar refractivity (Wildman–Crippen MR) is 131 cm³/mol. The first kappa shape index (κ1) is 23.0. The van der Waals surface area contributed by atoms with E-state index in [0.29, 0.717) is 24.7 Å². The molecule has 33 heavy (non-hydrogen) atoms. The van der Waals surface area contributed by atoms with Gasteiger partial charge >= 0.3 is 0 Å². The lowest BCUT2D eigenvalue weighted by molar-refractivity contribution is -0.117. The number of hydrogen-bond donors (Lipinski definition) is 1. The van der Waals surface area contributed by atoms with E-state index < -0.39 is 11.0 Å². The highest BCUT2D eigenvalue weighted by Gasteiger charge is 2.57. The van der Waals surface area contributed by atoms with Crippen molar-refractivity contribution in [3.8, 4) is 0 Å². The molecule has 5 aliphatic rings. The molecule has 5 aliphatic carbocycles. The van der Waals surface area contributed by atoms with Crippen LogP contribution in [0.15, 0.2) is 46.1 Å². The molecule has 0 saturated carbocycles. The standard InChI is InChI=1S/C30H40O3/c1-18-9-7-11-21-24(31)15-20(16-28(18,21)4)27(3)13-14-30(6,33)23-17-29(5)19(2)10-8-12-22(29)26(32)25(23)27/h11-12,15,18-19,33H,7-10,13-14,16-17H2,1-6H3. The maximum atomic E-state index is 14.2. The second kappa shape index (κ2) is 7.13. The molecule has 0 aliphatic heterocycles. The minimum atomic E-state index is -0.970. The van der Waals surface area contributed by atoms with E-state index in [1.807, 2.05) is 13.0 Å². The summed E-state index contributed by atoms with van der Waals surface area (Å²) in [6.45, 7) is 13.1. The molecule has 3 heteroatoms. The molecule has 0 saturated heterocycles. The number of fused-ring (bicyclic) bond motifs is 2. The average molecular weight is 449 g/mol. The first-order valence-corrected chi connectivity index (χ1v) is 13.0. The topological polar surface area (TPSA) is 54.4 Å². The quantitative estimate of drug-likeness (QED) is 0.503. The molecular formula is C30H40O3. The van der Waals surface area contributed by atoms with Crippen LogP contribution in [0.5, 0.6) is 0 Å². The van der Waals surface area contributed by atoms with Crippen LogP contribution in [0.2, 0.25) is 0 Å². The van der Waals surface area contributed by atoms with Crippen molar-refractivity contribution in [2.75, 3.05) is 0 Å². The lowest BCUT2D eigenvalue weighted by Gasteiger charge is -2.55. The monoisotopic (exact) mass is 448 g/mol. The fourth-order valence-corrected chi connectivity index (χ4v) is 7.76. The third-order valence-corrected chi connectivity index (χ3v) is 10.8. The third-order valence-electron chi connectivity index (χ3n) is 10.8. The summed E-state index contributed by atoms with van der Waals surface area (Å²) in [7, 11) is 0. The van der Waals surface area contributed by atoms with Crippen molar-refractivity contribution in [3.05, 3.63) is 46.1 Å². The highest BCUT2D eigenvalue weighted by molar-refractivity contribution is 6.13. The Hall–Kier alpha value is -1.74. The minimum absolute atomic E-state index is 0.129. The van der Waals surface area contributed by atoms with Gasteiger partial charge in [0.25, 0.3) is 0 Å². The summed E-state index contributed by atoms with van der Waals surface area (Å²) >= 11 is 0. The number of carbonyl (C=O) groups is 2. The van der Waals surface area contributed by atoms with E-state index in [4.69, 9.17) is 0 Å². The molecule has 6 unspecified atom stereocenters. The van der Waals surface area contributed by atoms with Crippen molar-refractivity contribution in [1.82, 2.24) is 0 Å². The number of allylic oxidation sites excluding steroid dienone is 7. The Labute approximate surface area is 199 Å². The smallest absolute Gasteiger partial charge is 0.186 e. The van der Waals surface area contributed by atoms with Gasteiger partial charge in [-0.15, -0.1) is 0 Å². The zero-order chi connectivity index (χ0) is 24.0. The molecule has 0 fully saturated rings. The van der Waals surface area contributed by atoms with Crippen LogP contribution < -0.4 is 0 Å². The Bertz CT molecular complexity index is 1070. The van der Waals surface area contributed by atoms with E-state index in [1.54, 1.807) is 0 Å². The van der Waals surface area contributed by atoms with Gasteiger partial charge < -0.3 is 5.11 Å². The van der Waals surface area contributed by atoms with Gasteiger partial charge in [-0.3, -0.25) is 9.59 Å². The normalized spacial score (nSPS) is 45.5. The molecule has 0 spiro atoms. The van der Waals surface area contributed by atoms with Crippen LogP contribution in [0.25, 0.3) is 0 Å². The number of aliphatic hydroxyl groups is 1. The van der Waals surface area contributed by atoms with Gasteiger partial charge in [0.2, 0.25) is 0 Å². The number of hydrogen-bond acceptors (Lipinski definition) is 3. The largest absolute Gasteiger partial charge is 0.386 e. The van der Waals surface area contributed by atoms with Crippen LogP contribution >= 0.6 is 0 Å². The van der Waals surface area contributed by atoms with Crippen LogP contribution in [0, 0.1) is 28.1 Å². The van der Waals surface area contributed by atoms with Gasteiger partial charge in [0, 0.05) is 33.0 Å². The van der Waals surface area contributed by atoms with E-state index in [1.165, 1.54) is 0 Å². The Balaban J connectivity index is 1.68. The summed E-state index contributed by atoms with van der Waals surface area (Å²) in [4.78, 5) is 27.6. The van der Waals surface area contributed by atoms with E-state index in [9.17, 15) is 14.7 Å². The van der Waals surface area contributed by atoms with Crippen molar-refractivity contribution < 1.29 is 14.7 Å². The van der Waals surface area contributed by atoms with Gasteiger partial charge in [0.15, 0.2) is 11.6 Å². The summed E-state index contributed by atoms with van der Waals surface area (Å²) in [5.41, 5.74) is 2.90. The summed E-state index contributed by atoms with van der Waals surface area (Å²) in [6, 6.07) is 0. The highest BCUT2D eigenvalue weighted by Crippen LogP contribution is 2.62. The molecule has 3 nitrogen and oxygen atoms in total. The van der Waals surface area contributed by atoms with E-state index >= 15 is 0 Å². The Morgan fingerprint density at radius 3 is 2.06 bits per heavy atom. The van der Waals surface area contributed by atoms with Crippen molar-refractivity contribution in [2.24, 2.45) is 28.1 Å². The molecule has 0 heterocycles. The molecule has 0 aromatic rings. The van der Waals surface area contributed by atoms with E-state index in [-0.39, 0.29) is 22.4 Å². The molecule has 178 valence electrons. The zero-order valence-electron chi connectivity index (χ0n) is 21.3. The summed E-state index contributed by atoms with van der Waals surface area (Å²) < 4.78 is 0. The predicted octanol–water partition coefficient (Wildman–Crippen LogP) is 6.43. The van der Waals surface area contributed by atoms with Gasteiger partial charge in [-0.05, 0) is 81.8 Å². The lowest BCUT2D eigenvalue weighted by Crippen LogP contribution is -2.51. The minimum Gasteiger partial charge on any atom is -0.386 e. The second-order valence-electron chi connectivity index (χ2n) is 12.7. The van der Waals surface area contributed by atoms with Gasteiger partial charge in [-0.2, -0.15) is 0 Å². The second-order valence-corrected chi connectivity index (χ2v) is 12.7. The Morgan fingerprint density at radius 1 is 0.848 bits per heavy atom. The summed E-state index contributed by atoms with van der Waals surface area (Å²) in [6.07, 6.45) is 13.2. The first-order valence-electron chi connectivity index (χ1n) is 13.0. The van der Waals surface area contributed by atoms with Crippen LogP contribution in [-0.4, -0.2) is 22.3 Å². The molecule has 0 aromatic carbocycles. The van der Waals surface area contributed by atoms with Crippen molar-refractivity contribution in [1.29, 1.82) is 0 Å². The van der Waals surface area contributed by atoms with Gasteiger partial charge in [-0.25, -0.2) is 0 Å². The molecule has 0 amide bonds. The highest BCUT2D eigenvalue weighted by atomic mass is 16.3. The fraction of sp³-hybridized carbons (Fsp3) is 0.667. The fourth-order valence-electron chi connectivity index (χ4n) is 7.76. The number of ketones is 2. The molecule has 0 aromatic heterocycles. The SMILES string of the molecule is CC1CCC=C2C(=O)C=C(C3(C)CCC(C)(O)C4=C3C(=O)C3=CCCC(C)C3(C)C4)CC21C. The van der Waals surface area contributed by atoms with Crippen LogP contribution in [0.3, 0.4) is 0 Å². The van der Waals surface area contributed by atoms with Crippen LogP contribution in [0.1, 0.15) is 92.9 Å². The average Bonchev–Trinajstić information content (AvgIpc) is 2.73. The van der Waals surface area contributed by atoms with Crippen molar-refractivity contribution >= 4 is 11.6 Å². The summed E-state index contributed by atoms with van der Waals surface area (Å²) in [5.74, 6) is 1.10. The lowest BCUT2D eigenvalue weighted by atomic mass is 9.49. The maximum Gasteiger partial charge on any atom is 0.186 e. The van der Waals surface area contributed by atoms with E-state index in [0.717, 1.165) is 66.4 Å². The van der Waals surface area contributed by atoms with Gasteiger partial charge in [0.1, 0.15) is 0 Å². The zero-order valence-corrected chi connectivity index (χ0v) is 21.3. The van der Waals surface area contributed by atoms with Crippen molar-refractivity contribution in [3.63, 3.8) is 0 Å². The molecule has 1 N–H and O–H groups in total. The Morgan fingerprint density at radius 2 is 1.42 bits per heavy atom. The number of carbonyl (C=O) groups excluding carboxylic acids is 2. The van der Waals surface area contributed by atoms with Crippen LogP contribution in [-0.2, 0) is 9.59 Å². The van der Waals surface area contributed by atoms with Crippen molar-refractivity contribution in [2.45, 2.75) is 98.5 Å². The molecule has 6 atom stereocenters. The number of Topliss-reactive ketones (excluding diaryl/α,β-unsaturated/α-hetero) is 1. The van der Waals surface area contributed by atoms with E-state index in [2.05, 4.69) is 46.8 Å². The first-order chi connectivity index (χ1) is 15.3. The molecule has 0 radical (unpaired) electrons. The molecular weight excluding hydrogens is 408 g/mol. The number of rotatable bonds is 1. The Kier molecular flexibility index (Phi) is 4.98.